The van der Waals surface area contributed by atoms with Crippen LogP contribution in [0, 0.1) is 11.6 Å². The number of carbonyl (C=O) groups excluding carboxylic acids is 1. The van der Waals surface area contributed by atoms with Crippen LogP contribution in [0.1, 0.15) is 69.7 Å². The summed E-state index contributed by atoms with van der Waals surface area (Å²) in [4.78, 5) is 31.9. The van der Waals surface area contributed by atoms with Gasteiger partial charge in [-0.15, -0.1) is 0 Å². The quantitative estimate of drug-likeness (QED) is 0.108. The van der Waals surface area contributed by atoms with Gasteiger partial charge in [-0.3, -0.25) is 14.5 Å². The van der Waals surface area contributed by atoms with Crippen molar-refractivity contribution in [2.24, 2.45) is 0 Å². The lowest BCUT2D eigenvalue weighted by Crippen LogP contribution is -3.00. The van der Waals surface area contributed by atoms with E-state index in [-0.39, 0.29) is 34.8 Å². The van der Waals surface area contributed by atoms with E-state index in [1.54, 1.807) is 23.6 Å². The van der Waals surface area contributed by atoms with Crippen LogP contribution >= 0.6 is 0 Å². The number of aromatic nitrogens is 1. The first-order valence-corrected chi connectivity index (χ1v) is 19.3. The van der Waals surface area contributed by atoms with E-state index >= 15 is 0 Å². The third kappa shape index (κ3) is 9.80. The Morgan fingerprint density at radius 3 is 2.09 bits per heavy atom. The van der Waals surface area contributed by atoms with Gasteiger partial charge in [0, 0.05) is 73.8 Å². The predicted octanol–water partition coefficient (Wildman–Crippen LogP) is 4.60. The topological polar surface area (TPSA) is 73.2 Å². The summed E-state index contributed by atoms with van der Waals surface area (Å²) in [5, 5.41) is 0.295. The van der Waals surface area contributed by atoms with Crippen molar-refractivity contribution in [3.8, 4) is 22.9 Å². The number of unbranched alkanes of at least 4 members (excludes halogenated alkanes) is 4. The van der Waals surface area contributed by atoms with Gasteiger partial charge in [0.15, 0.2) is 0 Å². The number of quaternary nitrogens is 1. The second kappa shape index (κ2) is 19.0. The fourth-order valence-electron chi connectivity index (χ4n) is 7.63. The van der Waals surface area contributed by atoms with Crippen LogP contribution in [0.15, 0.2) is 65.6 Å². The molecule has 292 valence electrons. The van der Waals surface area contributed by atoms with Crippen molar-refractivity contribution in [1.29, 1.82) is 0 Å². The van der Waals surface area contributed by atoms with Gasteiger partial charge in [-0.1, -0.05) is 19.8 Å². The number of pyridine rings is 1. The number of halogens is 3. The summed E-state index contributed by atoms with van der Waals surface area (Å²) in [5.74, 6) is -0.560. The van der Waals surface area contributed by atoms with Crippen LogP contribution in [-0.4, -0.2) is 92.0 Å². The smallest absolute Gasteiger partial charge is 0.263 e. The van der Waals surface area contributed by atoms with E-state index in [0.717, 1.165) is 37.5 Å². The van der Waals surface area contributed by atoms with Crippen molar-refractivity contribution >= 4 is 22.5 Å². The largest absolute Gasteiger partial charge is 1.00 e. The molecule has 54 heavy (non-hydrogen) atoms. The number of hydrogen-bond donors (Lipinski definition) is 0. The Labute approximate surface area is 327 Å². The third-order valence-electron chi connectivity index (χ3n) is 10.6. The van der Waals surface area contributed by atoms with Crippen molar-refractivity contribution in [2.75, 3.05) is 77.1 Å². The van der Waals surface area contributed by atoms with Gasteiger partial charge in [0.1, 0.15) is 34.4 Å². The van der Waals surface area contributed by atoms with Gasteiger partial charge in [-0.2, -0.15) is 0 Å². The molecule has 0 atom stereocenters. The first-order valence-electron chi connectivity index (χ1n) is 19.3. The molecule has 0 spiro atoms. The molecule has 7 rings (SSSR count). The second-order valence-corrected chi connectivity index (χ2v) is 14.2. The zero-order chi connectivity index (χ0) is 37.4. The minimum absolute atomic E-state index is 0. The van der Waals surface area contributed by atoms with Crippen LogP contribution in [0.3, 0.4) is 0 Å². The van der Waals surface area contributed by atoms with E-state index in [0.29, 0.717) is 53.7 Å². The molecule has 3 aliphatic rings. The molecular formula is C42H53BrF2N4O5. The fraction of sp³-hybridized carbons (Fsp3) is 0.476. The minimum Gasteiger partial charge on any atom is -1.00 e. The van der Waals surface area contributed by atoms with Crippen molar-refractivity contribution in [2.45, 2.75) is 59.3 Å². The van der Waals surface area contributed by atoms with Gasteiger partial charge in [0.2, 0.25) is 5.43 Å². The molecule has 0 radical (unpaired) electrons. The van der Waals surface area contributed by atoms with Crippen LogP contribution in [-0.2, 0) is 0 Å². The van der Waals surface area contributed by atoms with Crippen molar-refractivity contribution in [3.63, 3.8) is 0 Å². The van der Waals surface area contributed by atoms with Gasteiger partial charge in [-0.25, -0.2) is 8.78 Å². The molecule has 0 unspecified atom stereocenters. The number of fused-ring (bicyclic) bond motifs is 4. The zero-order valence-corrected chi connectivity index (χ0v) is 33.3. The van der Waals surface area contributed by atoms with E-state index < -0.39 is 23.0 Å². The molecule has 2 bridgehead atoms. The molecule has 4 aromatic rings. The highest BCUT2D eigenvalue weighted by atomic mass is 79.9. The third-order valence-corrected chi connectivity index (χ3v) is 10.6. The van der Waals surface area contributed by atoms with Gasteiger partial charge in [0.25, 0.3) is 5.91 Å². The standard InChI is InChI=1S/C42H53F2N4O5.BrH/c1-4-21-52-37-27-34(26-36(28-37)51-6-3)47-30-39(42(50)46(5-2)33-24-31(43)23-32(44)25-33)41(49)38-13-12-35(29-40(38)47)53-22-11-9-7-8-10-17-48-18-14-45(15-19-48)16-20-48;/h12-13,23-30H,4-11,14-22H2,1-3H3;1H/q+1;/p-1. The Balaban J connectivity index is 0.00000561. The molecule has 0 N–H and O–H groups in total. The fourth-order valence-corrected chi connectivity index (χ4v) is 7.63. The number of benzene rings is 3. The summed E-state index contributed by atoms with van der Waals surface area (Å²) in [7, 11) is 0. The Morgan fingerprint density at radius 2 is 1.43 bits per heavy atom. The summed E-state index contributed by atoms with van der Waals surface area (Å²) < 4.78 is 49.6. The summed E-state index contributed by atoms with van der Waals surface area (Å²) in [6, 6.07) is 13.6. The lowest BCUT2D eigenvalue weighted by atomic mass is 10.1. The predicted molar refractivity (Wildman–Crippen MR) is 205 cm³/mol. The van der Waals surface area contributed by atoms with Gasteiger partial charge in [0.05, 0.1) is 57.2 Å². The highest BCUT2D eigenvalue weighted by Crippen LogP contribution is 2.30. The highest BCUT2D eigenvalue weighted by molar-refractivity contribution is 6.07. The molecule has 1 aromatic heterocycles. The average molecular weight is 812 g/mol. The number of anilines is 1. The molecular weight excluding hydrogens is 758 g/mol. The highest BCUT2D eigenvalue weighted by Gasteiger charge is 2.37. The molecule has 3 aliphatic heterocycles. The van der Waals surface area contributed by atoms with E-state index in [1.807, 2.05) is 38.1 Å². The Hall–Kier alpha value is -4.00. The minimum atomic E-state index is -0.819. The number of carbonyl (C=O) groups is 1. The number of rotatable bonds is 18. The van der Waals surface area contributed by atoms with Crippen molar-refractivity contribution in [1.82, 2.24) is 9.47 Å². The van der Waals surface area contributed by atoms with Crippen LogP contribution in [0.2, 0.25) is 0 Å². The molecule has 1 amide bonds. The van der Waals surface area contributed by atoms with E-state index in [2.05, 4.69) is 4.90 Å². The Bertz CT molecular complexity index is 1910. The van der Waals surface area contributed by atoms with Crippen molar-refractivity contribution in [3.05, 3.63) is 88.2 Å². The number of piperazine rings is 3. The molecule has 0 aliphatic carbocycles. The number of hydrogen-bond acceptors (Lipinski definition) is 6. The first-order chi connectivity index (χ1) is 25.7. The number of amides is 1. The van der Waals surface area contributed by atoms with E-state index in [1.165, 1.54) is 80.7 Å². The normalized spacial score (nSPS) is 17.6. The molecule has 3 fully saturated rings. The van der Waals surface area contributed by atoms with Crippen LogP contribution in [0.4, 0.5) is 14.5 Å². The molecule has 4 heterocycles. The van der Waals surface area contributed by atoms with Crippen molar-refractivity contribution < 1.29 is 49.3 Å². The molecule has 12 heteroatoms. The summed E-state index contributed by atoms with van der Waals surface area (Å²) in [6.07, 6.45) is 8.00. The van der Waals surface area contributed by atoms with Crippen LogP contribution in [0.25, 0.3) is 16.6 Å². The Kier molecular flexibility index (Phi) is 14.5. The first kappa shape index (κ1) is 41.2. The van der Waals surface area contributed by atoms with E-state index in [4.69, 9.17) is 14.2 Å². The maximum absolute atomic E-state index is 14.2. The van der Waals surface area contributed by atoms with Gasteiger partial charge < -0.3 is 45.1 Å². The number of ether oxygens (including phenoxy) is 3. The summed E-state index contributed by atoms with van der Waals surface area (Å²) in [5.41, 5.74) is 0.512. The molecule has 3 saturated heterocycles. The Morgan fingerprint density at radius 1 is 0.778 bits per heavy atom. The zero-order valence-electron chi connectivity index (χ0n) is 31.8. The van der Waals surface area contributed by atoms with Gasteiger partial charge >= 0.3 is 0 Å². The second-order valence-electron chi connectivity index (χ2n) is 14.2. The summed E-state index contributed by atoms with van der Waals surface area (Å²) in [6.45, 7) is 16.1. The lowest BCUT2D eigenvalue weighted by molar-refractivity contribution is -0.941. The maximum atomic E-state index is 14.2. The maximum Gasteiger partial charge on any atom is 0.263 e. The number of nitrogens with zero attached hydrogens (tertiary/aromatic N) is 4. The van der Waals surface area contributed by atoms with E-state index in [9.17, 15) is 18.4 Å². The van der Waals surface area contributed by atoms with Crippen LogP contribution < -0.4 is 41.5 Å². The lowest BCUT2D eigenvalue weighted by Gasteiger charge is -2.50. The monoisotopic (exact) mass is 810 g/mol. The van der Waals surface area contributed by atoms with Crippen LogP contribution in [0.5, 0.6) is 17.2 Å². The molecule has 3 aromatic carbocycles. The van der Waals surface area contributed by atoms with Gasteiger partial charge in [-0.05, 0) is 63.8 Å². The summed E-state index contributed by atoms with van der Waals surface area (Å²) >= 11 is 0. The SMILES string of the molecule is CCCOc1cc(OCC)cc(-n2cc(C(=O)N(CC)c3cc(F)cc(F)c3)c(=O)c3ccc(OCCCCCCC[N+]45CCN(CC4)CC5)cc32)c1.[Br-]. The molecule has 0 saturated carbocycles. The molecule has 9 nitrogen and oxygen atoms in total. The average Bonchev–Trinajstić information content (AvgIpc) is 3.16.